The highest BCUT2D eigenvalue weighted by atomic mass is 16.3. The first-order chi connectivity index (χ1) is 13.9. The fourth-order valence-electron chi connectivity index (χ4n) is 3.04. The Morgan fingerprint density at radius 1 is 1.10 bits per heavy atom. The van der Waals surface area contributed by atoms with Gasteiger partial charge in [-0.1, -0.05) is 12.1 Å². The number of carbonyl (C=O) groups is 2. The van der Waals surface area contributed by atoms with Crippen LogP contribution >= 0.6 is 0 Å². The van der Waals surface area contributed by atoms with Gasteiger partial charge < -0.3 is 14.6 Å². The smallest absolute Gasteiger partial charge is 0.297 e. The summed E-state index contributed by atoms with van der Waals surface area (Å²) in [6.07, 6.45) is 1.34. The highest BCUT2D eigenvalue weighted by Crippen LogP contribution is 2.24. The van der Waals surface area contributed by atoms with Gasteiger partial charge in [0.05, 0.1) is 6.33 Å². The second kappa shape index (κ2) is 7.23. The first-order valence-electron chi connectivity index (χ1n) is 8.92. The molecule has 0 saturated heterocycles. The number of benzene rings is 2. The molecule has 8 heteroatoms. The van der Waals surface area contributed by atoms with E-state index in [2.05, 4.69) is 10.3 Å². The Morgan fingerprint density at radius 3 is 2.55 bits per heavy atom. The van der Waals surface area contributed by atoms with Gasteiger partial charge in [0.1, 0.15) is 17.6 Å². The van der Waals surface area contributed by atoms with Crippen molar-refractivity contribution in [3.63, 3.8) is 0 Å². The third-order valence-corrected chi connectivity index (χ3v) is 4.49. The predicted molar refractivity (Wildman–Crippen MR) is 109 cm³/mol. The van der Waals surface area contributed by atoms with Crippen molar-refractivity contribution in [1.29, 1.82) is 0 Å². The van der Waals surface area contributed by atoms with E-state index in [4.69, 9.17) is 4.42 Å². The lowest BCUT2D eigenvalue weighted by Gasteiger charge is -2.11. The molecule has 146 valence electrons. The molecular formula is C21H18N4O4. The summed E-state index contributed by atoms with van der Waals surface area (Å²) in [5, 5.41) is 3.46. The molecule has 0 fully saturated rings. The van der Waals surface area contributed by atoms with Crippen LogP contribution in [0.15, 0.2) is 64.1 Å². The largest absolute Gasteiger partial charge is 0.448 e. The maximum Gasteiger partial charge on any atom is 0.297 e. The number of fused-ring (bicyclic) bond motifs is 3. The minimum absolute atomic E-state index is 0.119. The highest BCUT2D eigenvalue weighted by molar-refractivity contribution is 6.02. The summed E-state index contributed by atoms with van der Waals surface area (Å²) in [6.45, 7) is -0.211. The van der Waals surface area contributed by atoms with Gasteiger partial charge in [-0.15, -0.1) is 0 Å². The molecule has 2 aromatic heterocycles. The molecule has 0 radical (unpaired) electrons. The normalized spacial score (nSPS) is 11.0. The van der Waals surface area contributed by atoms with Crippen molar-refractivity contribution < 1.29 is 14.0 Å². The Hall–Kier alpha value is -3.94. The minimum atomic E-state index is -0.423. The molecule has 0 spiro atoms. The van der Waals surface area contributed by atoms with Crippen molar-refractivity contribution in [2.45, 2.75) is 6.54 Å². The fourth-order valence-corrected chi connectivity index (χ4v) is 3.04. The lowest BCUT2D eigenvalue weighted by atomic mass is 10.2. The third-order valence-electron chi connectivity index (χ3n) is 4.49. The molecule has 0 saturated carbocycles. The van der Waals surface area contributed by atoms with E-state index in [1.54, 1.807) is 44.4 Å². The van der Waals surface area contributed by atoms with E-state index in [1.807, 2.05) is 18.2 Å². The van der Waals surface area contributed by atoms with Gasteiger partial charge in [-0.05, 0) is 36.4 Å². The Balaban J connectivity index is 1.53. The van der Waals surface area contributed by atoms with Gasteiger partial charge in [-0.3, -0.25) is 19.0 Å². The zero-order valence-electron chi connectivity index (χ0n) is 15.9. The van der Waals surface area contributed by atoms with Crippen LogP contribution in [-0.4, -0.2) is 40.4 Å². The molecule has 4 rings (SSSR count). The first kappa shape index (κ1) is 18.4. The Labute approximate surface area is 165 Å². The molecule has 29 heavy (non-hydrogen) atoms. The van der Waals surface area contributed by atoms with Crippen LogP contribution in [0.25, 0.3) is 22.1 Å². The molecule has 0 unspecified atom stereocenters. The van der Waals surface area contributed by atoms with E-state index in [1.165, 1.54) is 15.8 Å². The van der Waals surface area contributed by atoms with Crippen molar-refractivity contribution >= 4 is 39.6 Å². The summed E-state index contributed by atoms with van der Waals surface area (Å²) in [7, 11) is 3.34. The summed E-state index contributed by atoms with van der Waals surface area (Å²) in [6, 6.07) is 13.8. The van der Waals surface area contributed by atoms with Crippen LogP contribution in [0.2, 0.25) is 0 Å². The minimum Gasteiger partial charge on any atom is -0.448 e. The number of nitrogens with one attached hydrogen (secondary N) is 1. The van der Waals surface area contributed by atoms with Crippen molar-refractivity contribution in [2.75, 3.05) is 19.4 Å². The molecule has 2 aromatic carbocycles. The SMILES string of the molecule is CN(C)C(=O)c1ccc(NC(=O)Cn2cnc3c(oc4ccccc43)c2=O)cc1. The maximum absolute atomic E-state index is 12.7. The molecule has 0 bridgehead atoms. The zero-order valence-corrected chi connectivity index (χ0v) is 15.9. The number of nitrogens with zero attached hydrogens (tertiary/aromatic N) is 3. The molecule has 8 nitrogen and oxygen atoms in total. The Morgan fingerprint density at radius 2 is 1.83 bits per heavy atom. The second-order valence-corrected chi connectivity index (χ2v) is 6.78. The summed E-state index contributed by atoms with van der Waals surface area (Å²) in [5.74, 6) is -0.518. The number of anilines is 1. The van der Waals surface area contributed by atoms with E-state index in [0.29, 0.717) is 22.4 Å². The molecule has 0 aliphatic carbocycles. The van der Waals surface area contributed by atoms with Crippen LogP contribution in [0.3, 0.4) is 0 Å². The summed E-state index contributed by atoms with van der Waals surface area (Å²) >= 11 is 0. The molecule has 0 aliphatic heterocycles. The van der Waals surface area contributed by atoms with E-state index < -0.39 is 11.5 Å². The Kier molecular flexibility index (Phi) is 4.59. The molecule has 0 aliphatic rings. The van der Waals surface area contributed by atoms with Crippen LogP contribution in [0, 0.1) is 0 Å². The molecular weight excluding hydrogens is 372 g/mol. The van der Waals surface area contributed by atoms with Gasteiger partial charge in [-0.2, -0.15) is 0 Å². The van der Waals surface area contributed by atoms with Gasteiger partial charge in [0.2, 0.25) is 11.5 Å². The number of hydrogen-bond donors (Lipinski definition) is 1. The van der Waals surface area contributed by atoms with E-state index in [-0.39, 0.29) is 18.0 Å². The zero-order chi connectivity index (χ0) is 20.5. The van der Waals surface area contributed by atoms with Crippen molar-refractivity contribution in [1.82, 2.24) is 14.5 Å². The monoisotopic (exact) mass is 390 g/mol. The number of rotatable bonds is 4. The van der Waals surface area contributed by atoms with Gasteiger partial charge in [0.25, 0.3) is 11.5 Å². The number of para-hydroxylation sites is 1. The predicted octanol–water partition coefficient (Wildman–Crippen LogP) is 2.48. The summed E-state index contributed by atoms with van der Waals surface area (Å²) in [5.41, 5.74) is 1.78. The average Bonchev–Trinajstić information content (AvgIpc) is 3.09. The van der Waals surface area contributed by atoms with Gasteiger partial charge >= 0.3 is 0 Å². The highest BCUT2D eigenvalue weighted by Gasteiger charge is 2.15. The van der Waals surface area contributed by atoms with Crippen LogP contribution in [0.1, 0.15) is 10.4 Å². The van der Waals surface area contributed by atoms with E-state index in [0.717, 1.165) is 5.39 Å². The number of furan rings is 1. The average molecular weight is 390 g/mol. The van der Waals surface area contributed by atoms with Crippen LogP contribution in [0.5, 0.6) is 0 Å². The van der Waals surface area contributed by atoms with Crippen LogP contribution in [0.4, 0.5) is 5.69 Å². The topological polar surface area (TPSA) is 97.4 Å². The van der Waals surface area contributed by atoms with Gasteiger partial charge in [0.15, 0.2) is 0 Å². The lowest BCUT2D eigenvalue weighted by molar-refractivity contribution is -0.116. The summed E-state index contributed by atoms with van der Waals surface area (Å²) < 4.78 is 6.81. The van der Waals surface area contributed by atoms with E-state index >= 15 is 0 Å². The van der Waals surface area contributed by atoms with Crippen molar-refractivity contribution in [3.05, 3.63) is 70.8 Å². The summed E-state index contributed by atoms with van der Waals surface area (Å²) in [4.78, 5) is 42.7. The quantitative estimate of drug-likeness (QED) is 0.577. The number of aromatic nitrogens is 2. The second-order valence-electron chi connectivity index (χ2n) is 6.78. The molecule has 0 atom stereocenters. The Bertz CT molecular complexity index is 1290. The fraction of sp³-hybridized carbons (Fsp3) is 0.143. The first-order valence-corrected chi connectivity index (χ1v) is 8.92. The molecule has 4 aromatic rings. The van der Waals surface area contributed by atoms with E-state index in [9.17, 15) is 14.4 Å². The maximum atomic E-state index is 12.7. The van der Waals surface area contributed by atoms with Crippen LogP contribution in [-0.2, 0) is 11.3 Å². The van der Waals surface area contributed by atoms with Crippen molar-refractivity contribution in [2.24, 2.45) is 0 Å². The van der Waals surface area contributed by atoms with Crippen molar-refractivity contribution in [3.8, 4) is 0 Å². The van der Waals surface area contributed by atoms with Crippen LogP contribution < -0.4 is 10.9 Å². The molecule has 1 N–H and O–H groups in total. The number of carbonyl (C=O) groups excluding carboxylic acids is 2. The van der Waals surface area contributed by atoms with Gasteiger partial charge in [0, 0.05) is 30.7 Å². The number of amides is 2. The van der Waals surface area contributed by atoms with Gasteiger partial charge in [-0.25, -0.2) is 4.98 Å². The number of hydrogen-bond acceptors (Lipinski definition) is 5. The molecule has 2 heterocycles. The lowest BCUT2D eigenvalue weighted by Crippen LogP contribution is -2.27. The molecule has 2 amide bonds. The standard InChI is InChI=1S/C21H18N4O4/c1-24(2)20(27)13-7-9-14(10-8-13)23-17(26)11-25-12-22-18-15-5-3-4-6-16(15)29-19(18)21(25)28/h3-10,12H,11H2,1-2H3,(H,23,26). The third kappa shape index (κ3) is 3.47.